The Hall–Kier alpha value is -2.65. The van der Waals surface area contributed by atoms with Crippen molar-refractivity contribution in [2.24, 2.45) is 39.9 Å². The predicted molar refractivity (Wildman–Crippen MR) is 143 cm³/mol. The Balaban J connectivity index is 1.37. The molecule has 222 valence electrons. The van der Waals surface area contributed by atoms with Gasteiger partial charge in [0.05, 0.1) is 43.7 Å². The van der Waals surface area contributed by atoms with E-state index >= 15 is 0 Å². The lowest BCUT2D eigenvalue weighted by atomic mass is 9.39. The molecule has 2 aliphatic heterocycles. The van der Waals surface area contributed by atoms with Crippen LogP contribution in [-0.4, -0.2) is 53.5 Å². The Morgan fingerprint density at radius 2 is 1.95 bits per heavy atom. The number of aliphatic hydroxyl groups is 1. The summed E-state index contributed by atoms with van der Waals surface area (Å²) in [5, 5.41) is 12.8. The Kier molecular flexibility index (Phi) is 5.47. The zero-order valence-corrected chi connectivity index (χ0v) is 24.6. The third-order valence-electron chi connectivity index (χ3n) is 12.9. The Bertz CT molecular complexity index is 1350. The second kappa shape index (κ2) is 8.25. The van der Waals surface area contributed by atoms with Gasteiger partial charge >= 0.3 is 17.9 Å². The fourth-order valence-electron chi connectivity index (χ4n) is 11.0. The van der Waals surface area contributed by atoms with Crippen LogP contribution >= 0.6 is 0 Å². The number of hydrogen-bond donors (Lipinski definition) is 1. The van der Waals surface area contributed by atoms with E-state index < -0.39 is 51.5 Å². The van der Waals surface area contributed by atoms with Crippen LogP contribution in [0, 0.1) is 39.9 Å². The predicted octanol–water partition coefficient (Wildman–Crippen LogP) is 4.29. The van der Waals surface area contributed by atoms with Crippen LogP contribution in [0.5, 0.6) is 0 Å². The maximum Gasteiger partial charge on any atom is 0.333 e. The summed E-state index contributed by atoms with van der Waals surface area (Å²) in [6, 6.07) is 1.85. The van der Waals surface area contributed by atoms with Gasteiger partial charge in [-0.15, -0.1) is 0 Å². The van der Waals surface area contributed by atoms with Gasteiger partial charge in [-0.1, -0.05) is 26.8 Å². The van der Waals surface area contributed by atoms with Gasteiger partial charge in [0.15, 0.2) is 0 Å². The number of allylic oxidation sites excluding steroid dienone is 1. The van der Waals surface area contributed by atoms with Gasteiger partial charge in [0.2, 0.25) is 0 Å². The minimum Gasteiger partial charge on any atom is -0.472 e. The van der Waals surface area contributed by atoms with Crippen molar-refractivity contribution in [2.45, 2.75) is 96.2 Å². The third-order valence-corrected chi connectivity index (χ3v) is 12.9. The summed E-state index contributed by atoms with van der Waals surface area (Å²) in [6.45, 7) is 9.83. The van der Waals surface area contributed by atoms with Gasteiger partial charge in [-0.05, 0) is 51.0 Å². The maximum absolute atomic E-state index is 13.2. The standard InChI is InChI=1S/C32H40O9/c1-7-16(2)27(35)40-25-23-26-32(41-26)18(30(5)19(12-21(33)37-6)29(25,4)15-31(23,30)36)8-10-28(3)20(32)13-22(34)39-24(28)17-9-11-38-14-17/h7,9,11,14,18-20,23-26,36H,8,10,12-13,15H2,1-6H3/b16-7+/t18-,19+,20-,23-,24+,25-,26-,28-,29-,30-,31+,32-/m1/s1. The highest BCUT2D eigenvalue weighted by Crippen LogP contribution is 2.85. The number of epoxide rings is 1. The van der Waals surface area contributed by atoms with Crippen molar-refractivity contribution in [1.29, 1.82) is 0 Å². The number of ether oxygens (including phenoxy) is 4. The van der Waals surface area contributed by atoms with Crippen LogP contribution in [0.15, 0.2) is 34.7 Å². The van der Waals surface area contributed by atoms with E-state index in [9.17, 15) is 19.5 Å². The fraction of sp³-hybridized carbons (Fsp3) is 0.719. The molecule has 2 saturated heterocycles. The minimum absolute atomic E-state index is 0.0966. The van der Waals surface area contributed by atoms with Crippen molar-refractivity contribution in [1.82, 2.24) is 0 Å². The van der Waals surface area contributed by atoms with Gasteiger partial charge in [0, 0.05) is 39.7 Å². The van der Waals surface area contributed by atoms with Crippen molar-refractivity contribution < 1.29 is 42.9 Å². The number of methoxy groups -OCH3 is 1. The monoisotopic (exact) mass is 568 g/mol. The molecule has 9 heteroatoms. The molecular weight excluding hydrogens is 528 g/mol. The van der Waals surface area contributed by atoms with Crippen LogP contribution in [0.3, 0.4) is 0 Å². The second-order valence-corrected chi connectivity index (χ2v) is 14.2. The van der Waals surface area contributed by atoms with Crippen LogP contribution < -0.4 is 0 Å². The fourth-order valence-corrected chi connectivity index (χ4v) is 11.0. The van der Waals surface area contributed by atoms with Crippen LogP contribution in [0.1, 0.15) is 78.4 Å². The highest BCUT2D eigenvalue weighted by atomic mass is 16.6. The molecule has 2 bridgehead atoms. The molecule has 41 heavy (non-hydrogen) atoms. The van der Waals surface area contributed by atoms with E-state index in [2.05, 4.69) is 20.8 Å². The van der Waals surface area contributed by atoms with Crippen molar-refractivity contribution in [3.05, 3.63) is 35.8 Å². The highest BCUT2D eigenvalue weighted by molar-refractivity contribution is 5.88. The summed E-state index contributed by atoms with van der Waals surface area (Å²) in [5.41, 5.74) is -2.41. The molecule has 0 unspecified atom stereocenters. The lowest BCUT2D eigenvalue weighted by Gasteiger charge is -2.65. The number of esters is 3. The smallest absolute Gasteiger partial charge is 0.333 e. The number of hydrogen-bond acceptors (Lipinski definition) is 9. The molecule has 1 N–H and O–H groups in total. The molecular formula is C32H40O9. The Morgan fingerprint density at radius 1 is 1.20 bits per heavy atom. The van der Waals surface area contributed by atoms with E-state index in [1.807, 2.05) is 6.07 Å². The summed E-state index contributed by atoms with van der Waals surface area (Å²) >= 11 is 0. The van der Waals surface area contributed by atoms with Crippen LogP contribution in [0.25, 0.3) is 0 Å². The van der Waals surface area contributed by atoms with Gasteiger partial charge in [0.25, 0.3) is 0 Å². The number of carbonyl (C=O) groups is 3. The van der Waals surface area contributed by atoms with Gasteiger partial charge in [0.1, 0.15) is 17.8 Å². The molecule has 1 aromatic rings. The van der Waals surface area contributed by atoms with Crippen molar-refractivity contribution in [3.63, 3.8) is 0 Å². The SMILES string of the molecule is C/C=C(\C)C(=O)O[C@@H]1[C@@H]2[C@H]3O[C@]34[C@@H]3CC(=O)O[C@@H](c5ccoc5)[C@]3(C)CC[C@@H]4[C@]3(C)[C@@H](CC(=O)OC)[C@@]1(C)C[C@]23O. The van der Waals surface area contributed by atoms with E-state index in [0.29, 0.717) is 12.0 Å². The minimum atomic E-state index is -1.21. The number of fused-ring (bicyclic) bond motifs is 4. The van der Waals surface area contributed by atoms with Gasteiger partial charge in [-0.25, -0.2) is 4.79 Å². The average Bonchev–Trinajstić information content (AvgIpc) is 3.21. The lowest BCUT2D eigenvalue weighted by Crippen LogP contribution is -2.72. The van der Waals surface area contributed by atoms with E-state index in [-0.39, 0.29) is 48.6 Å². The average molecular weight is 569 g/mol. The number of cyclic esters (lactones) is 1. The first-order valence-corrected chi connectivity index (χ1v) is 14.9. The van der Waals surface area contributed by atoms with Gasteiger partial charge in [-0.2, -0.15) is 0 Å². The molecule has 4 saturated carbocycles. The summed E-state index contributed by atoms with van der Waals surface area (Å²) in [4.78, 5) is 39.3. The number of furan rings is 1. The van der Waals surface area contributed by atoms with Crippen molar-refractivity contribution in [3.8, 4) is 0 Å². The molecule has 1 aromatic heterocycles. The van der Waals surface area contributed by atoms with Crippen molar-refractivity contribution >= 4 is 17.9 Å². The Morgan fingerprint density at radius 3 is 2.61 bits per heavy atom. The second-order valence-electron chi connectivity index (χ2n) is 14.2. The Labute approximate surface area is 239 Å². The molecule has 6 aliphatic rings. The largest absolute Gasteiger partial charge is 0.472 e. The highest BCUT2D eigenvalue weighted by Gasteiger charge is 2.93. The molecule has 0 amide bonds. The maximum atomic E-state index is 13.2. The van der Waals surface area contributed by atoms with Gasteiger partial charge < -0.3 is 28.5 Å². The van der Waals surface area contributed by atoms with E-state index in [0.717, 1.165) is 18.4 Å². The molecule has 0 aromatic carbocycles. The van der Waals surface area contributed by atoms with Gasteiger partial charge in [-0.3, -0.25) is 9.59 Å². The topological polar surface area (TPSA) is 125 Å². The zero-order valence-electron chi connectivity index (χ0n) is 24.6. The van der Waals surface area contributed by atoms with E-state index in [1.165, 1.54) is 7.11 Å². The van der Waals surface area contributed by atoms with E-state index in [1.54, 1.807) is 32.4 Å². The molecule has 4 aliphatic carbocycles. The molecule has 12 atom stereocenters. The summed E-state index contributed by atoms with van der Waals surface area (Å²) in [6.07, 6.45) is 5.66. The first-order chi connectivity index (χ1) is 19.3. The molecule has 6 fully saturated rings. The molecule has 7 rings (SSSR count). The van der Waals surface area contributed by atoms with E-state index in [4.69, 9.17) is 23.4 Å². The molecule has 1 spiro atoms. The quantitative estimate of drug-likeness (QED) is 0.240. The third kappa shape index (κ3) is 3.02. The normalized spacial score (nSPS) is 50.8. The first kappa shape index (κ1) is 27.2. The summed E-state index contributed by atoms with van der Waals surface area (Å²) < 4.78 is 29.7. The van der Waals surface area contributed by atoms with Crippen LogP contribution in [-0.2, 0) is 33.3 Å². The first-order valence-electron chi connectivity index (χ1n) is 14.9. The number of rotatable bonds is 5. The lowest BCUT2D eigenvalue weighted by molar-refractivity contribution is -0.249. The van der Waals surface area contributed by atoms with Crippen molar-refractivity contribution in [2.75, 3.05) is 7.11 Å². The van der Waals surface area contributed by atoms with Crippen LogP contribution in [0.2, 0.25) is 0 Å². The number of carbonyl (C=O) groups excluding carboxylic acids is 3. The summed E-state index contributed by atoms with van der Waals surface area (Å²) in [5.74, 6) is -2.14. The summed E-state index contributed by atoms with van der Waals surface area (Å²) in [7, 11) is 1.38. The molecule has 0 radical (unpaired) electrons. The molecule has 9 nitrogen and oxygen atoms in total. The van der Waals surface area contributed by atoms with Crippen LogP contribution in [0.4, 0.5) is 0 Å². The zero-order chi connectivity index (χ0) is 29.3. The molecule has 3 heterocycles.